The van der Waals surface area contributed by atoms with E-state index in [4.69, 9.17) is 11.6 Å². The number of aryl methyl sites for hydroxylation is 1. The molecule has 3 heterocycles. The summed E-state index contributed by atoms with van der Waals surface area (Å²) in [6, 6.07) is 0. The molecule has 1 aliphatic rings. The van der Waals surface area contributed by atoms with Crippen LogP contribution in [0.2, 0.25) is 5.02 Å². The largest absolute Gasteiger partial charge is 0.408 e. The van der Waals surface area contributed by atoms with Gasteiger partial charge in [0, 0.05) is 46.0 Å². The summed E-state index contributed by atoms with van der Waals surface area (Å²) in [5.41, 5.74) is 0.271. The molecule has 0 atom stereocenters. The standard InChI is InChI=1S/C14H17ClF3N7O/c1-22-7-10(20-21-22)8-23-2-4-24(5-3-23)11-6-19-25(9-14(16,17)18)13(26)12(11)15/h6-7H,2-5,8-9H2,1H3. The maximum atomic E-state index is 12.5. The number of aromatic nitrogens is 5. The number of hydrogen-bond acceptors (Lipinski definition) is 6. The summed E-state index contributed by atoms with van der Waals surface area (Å²) in [6.45, 7) is 1.73. The fraction of sp³-hybridized carbons (Fsp3) is 0.571. The first-order valence-corrected chi connectivity index (χ1v) is 8.25. The van der Waals surface area contributed by atoms with Crippen LogP contribution in [0.25, 0.3) is 0 Å². The van der Waals surface area contributed by atoms with Gasteiger partial charge < -0.3 is 4.90 Å². The van der Waals surface area contributed by atoms with E-state index in [9.17, 15) is 18.0 Å². The van der Waals surface area contributed by atoms with Crippen molar-refractivity contribution in [3.8, 4) is 0 Å². The van der Waals surface area contributed by atoms with Gasteiger partial charge in [-0.1, -0.05) is 16.8 Å². The molecule has 3 rings (SSSR count). The highest BCUT2D eigenvalue weighted by Crippen LogP contribution is 2.23. The van der Waals surface area contributed by atoms with Gasteiger partial charge in [0.2, 0.25) is 0 Å². The summed E-state index contributed by atoms with van der Waals surface area (Å²) in [7, 11) is 1.80. The van der Waals surface area contributed by atoms with Gasteiger partial charge in [-0.2, -0.15) is 18.3 Å². The smallest absolute Gasteiger partial charge is 0.366 e. The minimum atomic E-state index is -4.53. The minimum Gasteiger partial charge on any atom is -0.366 e. The van der Waals surface area contributed by atoms with Crippen molar-refractivity contribution in [2.75, 3.05) is 31.1 Å². The number of anilines is 1. The highest BCUT2D eigenvalue weighted by Gasteiger charge is 2.30. The summed E-state index contributed by atoms with van der Waals surface area (Å²) in [4.78, 5) is 16.1. The molecule has 0 N–H and O–H groups in total. The number of rotatable bonds is 4. The van der Waals surface area contributed by atoms with Gasteiger partial charge in [-0.05, 0) is 0 Å². The minimum absolute atomic E-state index is 0.244. The molecule has 8 nitrogen and oxygen atoms in total. The van der Waals surface area contributed by atoms with E-state index in [0.29, 0.717) is 43.1 Å². The number of halogens is 4. The van der Waals surface area contributed by atoms with Gasteiger partial charge in [0.15, 0.2) is 0 Å². The van der Waals surface area contributed by atoms with Crippen molar-refractivity contribution in [2.45, 2.75) is 19.3 Å². The van der Waals surface area contributed by atoms with Gasteiger partial charge in [-0.15, -0.1) is 5.10 Å². The van der Waals surface area contributed by atoms with Crippen LogP contribution in [0, 0.1) is 0 Å². The Morgan fingerprint density at radius 3 is 2.50 bits per heavy atom. The van der Waals surface area contributed by atoms with E-state index in [2.05, 4.69) is 20.3 Å². The molecule has 1 fully saturated rings. The Hall–Kier alpha value is -2.14. The highest BCUT2D eigenvalue weighted by molar-refractivity contribution is 6.33. The zero-order valence-electron chi connectivity index (χ0n) is 13.9. The van der Waals surface area contributed by atoms with E-state index in [-0.39, 0.29) is 5.02 Å². The Morgan fingerprint density at radius 2 is 1.92 bits per heavy atom. The summed E-state index contributed by atoms with van der Waals surface area (Å²) >= 11 is 6.01. The molecule has 0 spiro atoms. The van der Waals surface area contributed by atoms with E-state index < -0.39 is 18.3 Å². The van der Waals surface area contributed by atoms with E-state index in [1.54, 1.807) is 11.7 Å². The third kappa shape index (κ3) is 4.33. The summed E-state index contributed by atoms with van der Waals surface area (Å²) in [5.74, 6) is 0. The molecule has 0 aliphatic carbocycles. The predicted molar refractivity (Wildman–Crippen MR) is 88.1 cm³/mol. The quantitative estimate of drug-likeness (QED) is 0.771. The fourth-order valence-corrected chi connectivity index (χ4v) is 3.07. The average molecular weight is 392 g/mol. The first-order chi connectivity index (χ1) is 12.2. The van der Waals surface area contributed by atoms with Crippen molar-refractivity contribution >= 4 is 17.3 Å². The second-order valence-electron chi connectivity index (χ2n) is 6.07. The van der Waals surface area contributed by atoms with Gasteiger partial charge in [0.05, 0.1) is 17.6 Å². The van der Waals surface area contributed by atoms with E-state index in [0.717, 1.165) is 5.69 Å². The first-order valence-electron chi connectivity index (χ1n) is 7.88. The summed E-state index contributed by atoms with van der Waals surface area (Å²) < 4.78 is 39.3. The third-order valence-electron chi connectivity index (χ3n) is 4.04. The third-order valence-corrected chi connectivity index (χ3v) is 4.40. The van der Waals surface area contributed by atoms with Crippen molar-refractivity contribution in [3.05, 3.63) is 33.5 Å². The van der Waals surface area contributed by atoms with Crippen LogP contribution in [0.15, 0.2) is 17.2 Å². The maximum Gasteiger partial charge on any atom is 0.408 e. The van der Waals surface area contributed by atoms with Crippen molar-refractivity contribution in [3.63, 3.8) is 0 Å². The van der Waals surface area contributed by atoms with E-state index >= 15 is 0 Å². The van der Waals surface area contributed by atoms with Crippen LogP contribution in [0.4, 0.5) is 18.9 Å². The lowest BCUT2D eigenvalue weighted by Crippen LogP contribution is -2.46. The SMILES string of the molecule is Cn1cc(CN2CCN(c3cnn(CC(F)(F)F)c(=O)c3Cl)CC2)nn1. The Bertz CT molecular complexity index is 827. The molecular formula is C14H17ClF3N7O. The second-order valence-corrected chi connectivity index (χ2v) is 6.45. The molecule has 26 heavy (non-hydrogen) atoms. The van der Waals surface area contributed by atoms with Gasteiger partial charge in [-0.25, -0.2) is 4.68 Å². The molecule has 1 saturated heterocycles. The maximum absolute atomic E-state index is 12.5. The van der Waals surface area contributed by atoms with E-state index in [1.807, 2.05) is 11.1 Å². The van der Waals surface area contributed by atoms with Crippen LogP contribution >= 0.6 is 11.6 Å². The van der Waals surface area contributed by atoms with Gasteiger partial charge in [-0.3, -0.25) is 14.4 Å². The van der Waals surface area contributed by atoms with Crippen LogP contribution in [0.1, 0.15) is 5.69 Å². The molecule has 2 aromatic heterocycles. The van der Waals surface area contributed by atoms with Gasteiger partial charge in [0.1, 0.15) is 11.6 Å². The molecule has 0 amide bonds. The summed E-state index contributed by atoms with van der Waals surface area (Å²) in [6.07, 6.45) is -1.48. The molecule has 12 heteroatoms. The zero-order valence-corrected chi connectivity index (χ0v) is 14.7. The van der Waals surface area contributed by atoms with Crippen LogP contribution in [-0.4, -0.2) is 62.0 Å². The Labute approximate surface area is 151 Å². The number of piperazine rings is 1. The molecule has 0 unspecified atom stereocenters. The van der Waals surface area contributed by atoms with Crippen molar-refractivity contribution in [1.29, 1.82) is 0 Å². The molecule has 0 radical (unpaired) electrons. The van der Waals surface area contributed by atoms with Crippen LogP contribution in [0.3, 0.4) is 0 Å². The highest BCUT2D eigenvalue weighted by atomic mass is 35.5. The van der Waals surface area contributed by atoms with Gasteiger partial charge in [0.25, 0.3) is 5.56 Å². The molecule has 0 aromatic carbocycles. The normalized spacial score (nSPS) is 16.3. The molecule has 0 bridgehead atoms. The van der Waals surface area contributed by atoms with Crippen molar-refractivity contribution in [1.82, 2.24) is 29.7 Å². The lowest BCUT2D eigenvalue weighted by Gasteiger charge is -2.35. The summed E-state index contributed by atoms with van der Waals surface area (Å²) in [5, 5.41) is 11.3. The molecule has 0 saturated carbocycles. The van der Waals surface area contributed by atoms with Crippen LogP contribution < -0.4 is 10.5 Å². The topological polar surface area (TPSA) is 72.1 Å². The molecule has 2 aromatic rings. The average Bonchev–Trinajstić information content (AvgIpc) is 2.97. The number of alkyl halides is 3. The number of hydrogen-bond donors (Lipinski definition) is 0. The zero-order chi connectivity index (χ0) is 18.9. The monoisotopic (exact) mass is 391 g/mol. The Morgan fingerprint density at radius 1 is 1.23 bits per heavy atom. The Balaban J connectivity index is 1.65. The lowest BCUT2D eigenvalue weighted by molar-refractivity contribution is -0.143. The molecule has 142 valence electrons. The second kappa shape index (κ2) is 7.23. The molecule has 1 aliphatic heterocycles. The van der Waals surface area contributed by atoms with Crippen molar-refractivity contribution < 1.29 is 13.2 Å². The lowest BCUT2D eigenvalue weighted by atomic mass is 10.2. The van der Waals surface area contributed by atoms with Gasteiger partial charge >= 0.3 is 6.18 Å². The van der Waals surface area contributed by atoms with Crippen LogP contribution in [0.5, 0.6) is 0 Å². The van der Waals surface area contributed by atoms with Crippen molar-refractivity contribution in [2.24, 2.45) is 7.05 Å². The number of nitrogens with zero attached hydrogens (tertiary/aromatic N) is 7. The van der Waals surface area contributed by atoms with Crippen LogP contribution in [-0.2, 0) is 20.1 Å². The fourth-order valence-electron chi connectivity index (χ4n) is 2.80. The first kappa shape index (κ1) is 18.6. The molecular weight excluding hydrogens is 375 g/mol. The Kier molecular flexibility index (Phi) is 5.19. The van der Waals surface area contributed by atoms with E-state index in [1.165, 1.54) is 6.20 Å². The predicted octanol–water partition coefficient (Wildman–Crippen LogP) is 0.910.